The monoisotopic (exact) mass is 188 g/mol. The van der Waals surface area contributed by atoms with Gasteiger partial charge in [0.2, 0.25) is 0 Å². The molecule has 14 heavy (non-hydrogen) atoms. The molecule has 0 aliphatic heterocycles. The lowest BCUT2D eigenvalue weighted by atomic mass is 10.0. The largest absolute Gasteiger partial charge is 0.507 e. The maximum Gasteiger partial charge on any atom is 0.126 e. The van der Waals surface area contributed by atoms with Crippen LogP contribution in [0.2, 0.25) is 0 Å². The molecule has 0 fully saturated rings. The Kier molecular flexibility index (Phi) is 2.37. The zero-order valence-corrected chi connectivity index (χ0v) is 7.77. The van der Waals surface area contributed by atoms with Crippen molar-refractivity contribution in [3.8, 4) is 5.75 Å². The van der Waals surface area contributed by atoms with E-state index in [1.807, 2.05) is 36.4 Å². The topological polar surface area (TPSA) is 40.5 Å². The van der Waals surface area contributed by atoms with Gasteiger partial charge in [0.15, 0.2) is 0 Å². The van der Waals surface area contributed by atoms with Gasteiger partial charge in [0, 0.05) is 12.0 Å². The van der Waals surface area contributed by atoms with Crippen LogP contribution in [0.3, 0.4) is 0 Å². The molecule has 0 aliphatic rings. The number of rotatable bonds is 2. The first-order chi connectivity index (χ1) is 6.83. The smallest absolute Gasteiger partial charge is 0.126 e. The van der Waals surface area contributed by atoms with E-state index in [1.54, 1.807) is 0 Å². The van der Waals surface area contributed by atoms with Crippen LogP contribution in [-0.4, -0.2) is 16.8 Å². The van der Waals surface area contributed by atoms with E-state index in [9.17, 15) is 5.11 Å². The maximum atomic E-state index is 9.87. The number of aromatic hydroxyl groups is 1. The van der Waals surface area contributed by atoms with E-state index in [0.717, 1.165) is 16.3 Å². The number of hydrogen-bond donors (Lipinski definition) is 2. The van der Waals surface area contributed by atoms with Crippen LogP contribution in [0, 0.1) is 0 Å². The molecule has 0 atom stereocenters. The molecule has 2 nitrogen and oxygen atoms in total. The molecule has 2 rings (SSSR count). The van der Waals surface area contributed by atoms with Crippen LogP contribution in [0.15, 0.2) is 36.4 Å². The van der Waals surface area contributed by atoms with E-state index >= 15 is 0 Å². The molecule has 0 spiro atoms. The van der Waals surface area contributed by atoms with Crippen molar-refractivity contribution in [3.63, 3.8) is 0 Å². The molecule has 72 valence electrons. The third-order valence-electron chi connectivity index (χ3n) is 2.37. The molecule has 0 heterocycles. The summed E-state index contributed by atoms with van der Waals surface area (Å²) in [7, 11) is 0. The van der Waals surface area contributed by atoms with Crippen molar-refractivity contribution >= 4 is 10.8 Å². The molecule has 0 aliphatic carbocycles. The minimum absolute atomic E-state index is 0.0614. The van der Waals surface area contributed by atoms with Gasteiger partial charge in [-0.15, -0.1) is 0 Å². The van der Waals surface area contributed by atoms with Crippen molar-refractivity contribution in [1.82, 2.24) is 0 Å². The Hall–Kier alpha value is -1.54. The van der Waals surface area contributed by atoms with E-state index in [1.165, 1.54) is 0 Å². The minimum Gasteiger partial charge on any atom is -0.507 e. The predicted octanol–water partition coefficient (Wildman–Crippen LogP) is 2.08. The molecule has 0 saturated carbocycles. The molecule has 2 heteroatoms. The van der Waals surface area contributed by atoms with Gasteiger partial charge < -0.3 is 10.2 Å². The molecule has 0 aromatic heterocycles. The second kappa shape index (κ2) is 3.68. The third kappa shape index (κ3) is 1.44. The summed E-state index contributed by atoms with van der Waals surface area (Å²) in [6, 6.07) is 11.5. The fourth-order valence-electron chi connectivity index (χ4n) is 1.62. The Morgan fingerprint density at radius 3 is 2.57 bits per heavy atom. The highest BCUT2D eigenvalue weighted by Gasteiger charge is 2.04. The molecule has 2 aromatic rings. The highest BCUT2D eigenvalue weighted by atomic mass is 16.3. The van der Waals surface area contributed by atoms with Gasteiger partial charge in [0.25, 0.3) is 0 Å². The highest BCUT2D eigenvalue weighted by Crippen LogP contribution is 2.28. The molecule has 0 saturated heterocycles. The number of aliphatic hydroxyl groups is 1. The lowest BCUT2D eigenvalue weighted by molar-refractivity contribution is 0.297. The van der Waals surface area contributed by atoms with Crippen LogP contribution in [0.4, 0.5) is 0 Å². The molecule has 0 radical (unpaired) electrons. The summed E-state index contributed by atoms with van der Waals surface area (Å²) in [5, 5.41) is 20.5. The summed E-state index contributed by atoms with van der Waals surface area (Å²) in [6.45, 7) is 0.0614. The van der Waals surface area contributed by atoms with Gasteiger partial charge in [-0.3, -0.25) is 0 Å². The van der Waals surface area contributed by atoms with E-state index in [2.05, 4.69) is 0 Å². The molecular formula is C12H12O2. The summed E-state index contributed by atoms with van der Waals surface area (Å²) in [5.41, 5.74) is 0.797. The van der Waals surface area contributed by atoms with E-state index < -0.39 is 0 Å². The Balaban J connectivity index is 2.63. The quantitative estimate of drug-likeness (QED) is 0.757. The fraction of sp³-hybridized carbons (Fsp3) is 0.167. The second-order valence-corrected chi connectivity index (χ2v) is 3.27. The zero-order valence-electron chi connectivity index (χ0n) is 7.77. The average molecular weight is 188 g/mol. The van der Waals surface area contributed by atoms with Crippen molar-refractivity contribution in [2.24, 2.45) is 0 Å². The second-order valence-electron chi connectivity index (χ2n) is 3.27. The zero-order chi connectivity index (χ0) is 9.97. The van der Waals surface area contributed by atoms with Crippen LogP contribution in [0.5, 0.6) is 5.75 Å². The van der Waals surface area contributed by atoms with Crippen LogP contribution >= 0.6 is 0 Å². The molecular weight excluding hydrogens is 176 g/mol. The molecule has 0 bridgehead atoms. The Morgan fingerprint density at radius 1 is 1.00 bits per heavy atom. The van der Waals surface area contributed by atoms with Gasteiger partial charge in [-0.2, -0.15) is 0 Å². The van der Waals surface area contributed by atoms with Gasteiger partial charge >= 0.3 is 0 Å². The normalized spacial score (nSPS) is 10.6. The van der Waals surface area contributed by atoms with E-state index in [-0.39, 0.29) is 12.4 Å². The molecule has 2 N–H and O–H groups in total. The fourth-order valence-corrected chi connectivity index (χ4v) is 1.62. The van der Waals surface area contributed by atoms with Crippen LogP contribution < -0.4 is 0 Å². The molecule has 0 amide bonds. The third-order valence-corrected chi connectivity index (χ3v) is 2.37. The number of aliphatic hydroxyl groups excluding tert-OH is 1. The average Bonchev–Trinajstić information content (AvgIpc) is 2.23. The predicted molar refractivity (Wildman–Crippen MR) is 56.4 cm³/mol. The van der Waals surface area contributed by atoms with Gasteiger partial charge in [-0.25, -0.2) is 0 Å². The lowest BCUT2D eigenvalue weighted by Crippen LogP contribution is -1.91. The van der Waals surface area contributed by atoms with Crippen LogP contribution in [0.25, 0.3) is 10.8 Å². The Morgan fingerprint density at radius 2 is 1.79 bits per heavy atom. The van der Waals surface area contributed by atoms with E-state index in [4.69, 9.17) is 5.11 Å². The molecule has 2 aromatic carbocycles. The Bertz CT molecular complexity index is 449. The summed E-state index contributed by atoms with van der Waals surface area (Å²) < 4.78 is 0. The summed E-state index contributed by atoms with van der Waals surface area (Å²) in [6.07, 6.45) is 0.497. The number of phenolic OH excluding ortho intramolecular Hbond substituents is 1. The SMILES string of the molecule is OCCc1ccc2ccccc2c1O. The first-order valence-electron chi connectivity index (χ1n) is 4.63. The number of fused-ring (bicyclic) bond motifs is 1. The number of hydrogen-bond acceptors (Lipinski definition) is 2. The Labute approximate surface area is 82.4 Å². The number of benzene rings is 2. The van der Waals surface area contributed by atoms with Crippen molar-refractivity contribution < 1.29 is 10.2 Å². The minimum atomic E-state index is 0.0614. The van der Waals surface area contributed by atoms with E-state index in [0.29, 0.717) is 6.42 Å². The van der Waals surface area contributed by atoms with Crippen molar-refractivity contribution in [1.29, 1.82) is 0 Å². The van der Waals surface area contributed by atoms with Gasteiger partial charge in [-0.05, 0) is 17.4 Å². The van der Waals surface area contributed by atoms with Crippen LogP contribution in [0.1, 0.15) is 5.56 Å². The summed E-state index contributed by atoms with van der Waals surface area (Å²) in [4.78, 5) is 0. The number of phenols is 1. The van der Waals surface area contributed by atoms with Gasteiger partial charge in [0.1, 0.15) is 5.75 Å². The lowest BCUT2D eigenvalue weighted by Gasteiger charge is -2.06. The first kappa shape index (κ1) is 9.03. The summed E-state index contributed by atoms with van der Waals surface area (Å²) in [5.74, 6) is 0.289. The van der Waals surface area contributed by atoms with Crippen LogP contribution in [-0.2, 0) is 6.42 Å². The van der Waals surface area contributed by atoms with Crippen molar-refractivity contribution in [2.75, 3.05) is 6.61 Å². The van der Waals surface area contributed by atoms with Gasteiger partial charge in [-0.1, -0.05) is 36.4 Å². The highest BCUT2D eigenvalue weighted by molar-refractivity contribution is 5.89. The summed E-state index contributed by atoms with van der Waals surface area (Å²) >= 11 is 0. The van der Waals surface area contributed by atoms with Crippen molar-refractivity contribution in [2.45, 2.75) is 6.42 Å². The maximum absolute atomic E-state index is 9.87. The van der Waals surface area contributed by atoms with Gasteiger partial charge in [0.05, 0.1) is 0 Å². The first-order valence-corrected chi connectivity index (χ1v) is 4.63. The van der Waals surface area contributed by atoms with Crippen molar-refractivity contribution in [3.05, 3.63) is 42.0 Å². The standard InChI is InChI=1S/C12H12O2/c13-8-7-10-6-5-9-3-1-2-4-11(9)12(10)14/h1-6,13-14H,7-8H2. The molecule has 0 unspecified atom stereocenters.